The van der Waals surface area contributed by atoms with E-state index in [-0.39, 0.29) is 6.61 Å². The van der Waals surface area contributed by atoms with Crippen molar-refractivity contribution in [2.24, 2.45) is 0 Å². The molecule has 3 nitrogen and oxygen atoms in total. The molecule has 1 aromatic carbocycles. The maximum Gasteiger partial charge on any atom is 0.323 e. The molecule has 0 aliphatic rings. The minimum absolute atomic E-state index is 0.186. The van der Waals surface area contributed by atoms with Gasteiger partial charge in [-0.25, -0.2) is 8.78 Å². The third kappa shape index (κ3) is 5.23. The predicted molar refractivity (Wildman–Crippen MR) is 64.3 cm³/mol. The molecular weight excluding hydrogens is 240 g/mol. The van der Waals surface area contributed by atoms with E-state index in [0.717, 1.165) is 5.56 Å². The topological polar surface area (TPSA) is 38.3 Å². The Morgan fingerprint density at radius 3 is 2.56 bits per heavy atom. The number of nitrogens with one attached hydrogen (secondary N) is 1. The smallest absolute Gasteiger partial charge is 0.323 e. The molecular formula is C13H17F2NO2. The van der Waals surface area contributed by atoms with Crippen LogP contribution in [0.5, 0.6) is 0 Å². The molecule has 0 aliphatic heterocycles. The zero-order valence-corrected chi connectivity index (χ0v) is 10.2. The number of benzene rings is 1. The fourth-order valence-corrected chi connectivity index (χ4v) is 1.52. The number of ether oxygens (including phenoxy) is 1. The van der Waals surface area contributed by atoms with Crippen LogP contribution in [0.15, 0.2) is 30.3 Å². The maximum absolute atomic E-state index is 12.4. The SMILES string of the molecule is CCOC(=O)C(CC(F)F)NCc1ccccc1. The summed E-state index contributed by atoms with van der Waals surface area (Å²) in [7, 11) is 0. The first-order chi connectivity index (χ1) is 8.63. The van der Waals surface area contributed by atoms with Gasteiger partial charge >= 0.3 is 5.97 Å². The molecule has 0 saturated carbocycles. The summed E-state index contributed by atoms with van der Waals surface area (Å²) in [5.74, 6) is -0.631. The summed E-state index contributed by atoms with van der Waals surface area (Å²) < 4.78 is 29.5. The van der Waals surface area contributed by atoms with Crippen molar-refractivity contribution in [3.63, 3.8) is 0 Å². The quantitative estimate of drug-likeness (QED) is 0.762. The first-order valence-corrected chi connectivity index (χ1v) is 5.85. The Balaban J connectivity index is 2.53. The van der Waals surface area contributed by atoms with Crippen molar-refractivity contribution in [2.45, 2.75) is 32.4 Å². The highest BCUT2D eigenvalue weighted by atomic mass is 19.3. The zero-order chi connectivity index (χ0) is 13.4. The van der Waals surface area contributed by atoms with E-state index in [4.69, 9.17) is 4.74 Å². The maximum atomic E-state index is 12.4. The molecule has 0 bridgehead atoms. The normalized spacial score (nSPS) is 12.4. The number of carbonyl (C=O) groups excluding carboxylic acids is 1. The highest BCUT2D eigenvalue weighted by molar-refractivity contribution is 5.75. The number of halogens is 2. The van der Waals surface area contributed by atoms with Gasteiger partial charge in [-0.05, 0) is 12.5 Å². The Bertz CT molecular complexity index is 357. The van der Waals surface area contributed by atoms with Crippen molar-refractivity contribution in [3.05, 3.63) is 35.9 Å². The fraction of sp³-hybridized carbons (Fsp3) is 0.462. The minimum atomic E-state index is -2.54. The Kier molecular flexibility index (Phi) is 6.28. The van der Waals surface area contributed by atoms with Crippen molar-refractivity contribution in [1.29, 1.82) is 0 Å². The third-order valence-electron chi connectivity index (χ3n) is 2.38. The molecule has 1 atom stereocenters. The van der Waals surface area contributed by atoms with E-state index in [9.17, 15) is 13.6 Å². The standard InChI is InChI=1S/C13H17F2NO2/c1-2-18-13(17)11(8-12(14)15)16-9-10-6-4-3-5-7-10/h3-7,11-12,16H,2,8-9H2,1H3. The van der Waals surface area contributed by atoms with E-state index in [2.05, 4.69) is 5.32 Å². The first-order valence-electron chi connectivity index (χ1n) is 5.85. The van der Waals surface area contributed by atoms with E-state index >= 15 is 0 Å². The molecule has 5 heteroatoms. The van der Waals surface area contributed by atoms with Gasteiger partial charge in [-0.1, -0.05) is 30.3 Å². The second-order valence-corrected chi connectivity index (χ2v) is 3.80. The summed E-state index contributed by atoms with van der Waals surface area (Å²) in [5, 5.41) is 2.80. The summed E-state index contributed by atoms with van der Waals surface area (Å²) in [4.78, 5) is 11.5. The Labute approximate surface area is 105 Å². The number of rotatable bonds is 7. The molecule has 0 radical (unpaired) electrons. The van der Waals surface area contributed by atoms with Gasteiger partial charge in [-0.3, -0.25) is 4.79 Å². The van der Waals surface area contributed by atoms with Crippen molar-refractivity contribution in [2.75, 3.05) is 6.61 Å². The monoisotopic (exact) mass is 257 g/mol. The van der Waals surface area contributed by atoms with Gasteiger partial charge in [-0.15, -0.1) is 0 Å². The van der Waals surface area contributed by atoms with Crippen LogP contribution in [0.4, 0.5) is 8.78 Å². The van der Waals surface area contributed by atoms with Crippen LogP contribution < -0.4 is 5.32 Å². The van der Waals surface area contributed by atoms with E-state index in [1.54, 1.807) is 6.92 Å². The molecule has 1 N–H and O–H groups in total. The molecule has 1 unspecified atom stereocenters. The molecule has 0 aromatic heterocycles. The second-order valence-electron chi connectivity index (χ2n) is 3.80. The van der Waals surface area contributed by atoms with Crippen LogP contribution in [-0.4, -0.2) is 25.0 Å². The van der Waals surface area contributed by atoms with Crippen LogP contribution in [0.25, 0.3) is 0 Å². The van der Waals surface area contributed by atoms with Gasteiger partial charge in [-0.2, -0.15) is 0 Å². The Morgan fingerprint density at radius 2 is 2.00 bits per heavy atom. The average Bonchev–Trinajstić information content (AvgIpc) is 2.35. The predicted octanol–water partition coefficient (Wildman–Crippen LogP) is 2.36. The van der Waals surface area contributed by atoms with Gasteiger partial charge in [0, 0.05) is 13.0 Å². The highest BCUT2D eigenvalue weighted by Gasteiger charge is 2.23. The van der Waals surface area contributed by atoms with E-state index in [0.29, 0.717) is 6.54 Å². The van der Waals surface area contributed by atoms with Gasteiger partial charge in [0.25, 0.3) is 0 Å². The third-order valence-corrected chi connectivity index (χ3v) is 2.38. The fourth-order valence-electron chi connectivity index (χ4n) is 1.52. The highest BCUT2D eigenvalue weighted by Crippen LogP contribution is 2.07. The molecule has 0 amide bonds. The number of esters is 1. The lowest BCUT2D eigenvalue weighted by atomic mass is 10.1. The molecule has 0 saturated heterocycles. The number of carbonyl (C=O) groups is 1. The van der Waals surface area contributed by atoms with Gasteiger partial charge in [0.15, 0.2) is 0 Å². The molecule has 100 valence electrons. The largest absolute Gasteiger partial charge is 0.465 e. The van der Waals surface area contributed by atoms with Gasteiger partial charge in [0.05, 0.1) is 6.61 Å². The van der Waals surface area contributed by atoms with Crippen molar-refractivity contribution < 1.29 is 18.3 Å². The first kappa shape index (κ1) is 14.6. The lowest BCUT2D eigenvalue weighted by Gasteiger charge is -2.16. The molecule has 0 fully saturated rings. The molecule has 0 aliphatic carbocycles. The van der Waals surface area contributed by atoms with E-state index < -0.39 is 24.9 Å². The van der Waals surface area contributed by atoms with Gasteiger partial charge < -0.3 is 10.1 Å². The van der Waals surface area contributed by atoms with Crippen LogP contribution in [0.3, 0.4) is 0 Å². The van der Waals surface area contributed by atoms with Crippen molar-refractivity contribution >= 4 is 5.97 Å². The van der Waals surface area contributed by atoms with Crippen LogP contribution >= 0.6 is 0 Å². The number of hydrogen-bond acceptors (Lipinski definition) is 3. The summed E-state index contributed by atoms with van der Waals surface area (Å²) in [5.41, 5.74) is 0.932. The molecule has 0 heterocycles. The minimum Gasteiger partial charge on any atom is -0.465 e. The van der Waals surface area contributed by atoms with Crippen LogP contribution in [0.1, 0.15) is 18.9 Å². The molecule has 18 heavy (non-hydrogen) atoms. The van der Waals surface area contributed by atoms with Crippen molar-refractivity contribution in [1.82, 2.24) is 5.32 Å². The van der Waals surface area contributed by atoms with Crippen LogP contribution in [0, 0.1) is 0 Å². The summed E-state index contributed by atoms with van der Waals surface area (Å²) in [6.45, 7) is 2.19. The number of alkyl halides is 2. The van der Waals surface area contributed by atoms with Gasteiger partial charge in [0.2, 0.25) is 6.43 Å². The summed E-state index contributed by atoms with van der Waals surface area (Å²) in [6.07, 6.45) is -3.08. The lowest BCUT2D eigenvalue weighted by Crippen LogP contribution is -2.39. The van der Waals surface area contributed by atoms with Crippen LogP contribution in [-0.2, 0) is 16.1 Å². The molecule has 0 spiro atoms. The van der Waals surface area contributed by atoms with E-state index in [1.807, 2.05) is 30.3 Å². The molecule has 1 aromatic rings. The van der Waals surface area contributed by atoms with Crippen LogP contribution in [0.2, 0.25) is 0 Å². The summed E-state index contributed by atoms with van der Waals surface area (Å²) >= 11 is 0. The lowest BCUT2D eigenvalue weighted by molar-refractivity contribution is -0.146. The average molecular weight is 257 g/mol. The van der Waals surface area contributed by atoms with Gasteiger partial charge in [0.1, 0.15) is 6.04 Å². The Hall–Kier alpha value is -1.49. The Morgan fingerprint density at radius 1 is 1.33 bits per heavy atom. The van der Waals surface area contributed by atoms with E-state index in [1.165, 1.54) is 0 Å². The van der Waals surface area contributed by atoms with Crippen molar-refractivity contribution in [3.8, 4) is 0 Å². The second kappa shape index (κ2) is 7.76. The number of hydrogen-bond donors (Lipinski definition) is 1. The summed E-state index contributed by atoms with van der Waals surface area (Å²) in [6, 6.07) is 8.32. The zero-order valence-electron chi connectivity index (χ0n) is 10.2. The molecule has 1 rings (SSSR count).